The Morgan fingerprint density at radius 1 is 1.06 bits per heavy atom. The molecule has 1 aromatic heterocycles. The summed E-state index contributed by atoms with van der Waals surface area (Å²) in [5, 5.41) is 7.85. The van der Waals surface area contributed by atoms with E-state index < -0.39 is 0 Å². The van der Waals surface area contributed by atoms with E-state index in [0.717, 1.165) is 61.1 Å². The Labute approximate surface area is 189 Å². The molecule has 1 aliphatic heterocycles. The third kappa shape index (κ3) is 5.33. The topological polar surface area (TPSA) is 59.4 Å². The standard InChI is InChI=1S/C26H30N4O2/c1-20-24(21(2)30(28-20)23-11-7-4-8-12-23)13-14-26(31)27-25(22-9-5-3-6-10-22)19-29-15-17-32-18-16-29/h3-14,25H,15-19H2,1-2H3,(H,27,31). The summed E-state index contributed by atoms with van der Waals surface area (Å²) in [7, 11) is 0. The van der Waals surface area contributed by atoms with Crippen LogP contribution in [0.4, 0.5) is 0 Å². The molecule has 6 heteroatoms. The number of para-hydroxylation sites is 1. The molecule has 1 atom stereocenters. The fourth-order valence-electron chi connectivity index (χ4n) is 4.06. The van der Waals surface area contributed by atoms with E-state index >= 15 is 0 Å². The van der Waals surface area contributed by atoms with Gasteiger partial charge in [0.25, 0.3) is 0 Å². The number of nitrogens with one attached hydrogen (secondary N) is 1. The molecule has 1 aliphatic rings. The van der Waals surface area contributed by atoms with Crippen molar-refractivity contribution >= 4 is 12.0 Å². The van der Waals surface area contributed by atoms with E-state index in [1.54, 1.807) is 6.08 Å². The van der Waals surface area contributed by atoms with Gasteiger partial charge in [0.2, 0.25) is 5.91 Å². The van der Waals surface area contributed by atoms with E-state index in [2.05, 4.69) is 27.4 Å². The number of nitrogens with zero attached hydrogens (tertiary/aromatic N) is 3. The molecule has 2 aromatic carbocycles. The highest BCUT2D eigenvalue weighted by atomic mass is 16.5. The molecule has 6 nitrogen and oxygen atoms in total. The summed E-state index contributed by atoms with van der Waals surface area (Å²) < 4.78 is 7.38. The molecule has 1 unspecified atom stereocenters. The van der Waals surface area contributed by atoms with Gasteiger partial charge in [-0.15, -0.1) is 0 Å². The van der Waals surface area contributed by atoms with Crippen LogP contribution in [0.5, 0.6) is 0 Å². The van der Waals surface area contributed by atoms with E-state index in [4.69, 9.17) is 4.74 Å². The van der Waals surface area contributed by atoms with Crippen LogP contribution in [-0.2, 0) is 9.53 Å². The van der Waals surface area contributed by atoms with Crippen molar-refractivity contribution in [1.82, 2.24) is 20.0 Å². The van der Waals surface area contributed by atoms with Crippen molar-refractivity contribution in [2.24, 2.45) is 0 Å². The molecule has 32 heavy (non-hydrogen) atoms. The minimum Gasteiger partial charge on any atom is -0.379 e. The number of aromatic nitrogens is 2. The summed E-state index contributed by atoms with van der Waals surface area (Å²) >= 11 is 0. The SMILES string of the molecule is Cc1nn(-c2ccccc2)c(C)c1C=CC(=O)NC(CN1CCOCC1)c1ccccc1. The van der Waals surface area contributed by atoms with Crippen LogP contribution in [-0.4, -0.2) is 53.4 Å². The van der Waals surface area contributed by atoms with Gasteiger partial charge < -0.3 is 10.1 Å². The maximum absolute atomic E-state index is 12.9. The lowest BCUT2D eigenvalue weighted by atomic mass is 10.1. The Bertz CT molecular complexity index is 1050. The van der Waals surface area contributed by atoms with Crippen LogP contribution in [0.15, 0.2) is 66.7 Å². The van der Waals surface area contributed by atoms with E-state index in [-0.39, 0.29) is 11.9 Å². The minimum atomic E-state index is -0.113. The highest BCUT2D eigenvalue weighted by Crippen LogP contribution is 2.20. The Morgan fingerprint density at radius 3 is 2.41 bits per heavy atom. The van der Waals surface area contributed by atoms with Crippen molar-refractivity contribution in [3.05, 3.63) is 89.3 Å². The van der Waals surface area contributed by atoms with Gasteiger partial charge >= 0.3 is 0 Å². The van der Waals surface area contributed by atoms with Gasteiger partial charge in [-0.2, -0.15) is 5.10 Å². The average molecular weight is 431 g/mol. The monoisotopic (exact) mass is 430 g/mol. The van der Waals surface area contributed by atoms with Crippen LogP contribution in [0.1, 0.15) is 28.6 Å². The summed E-state index contributed by atoms with van der Waals surface area (Å²) in [4.78, 5) is 15.2. The Balaban J connectivity index is 1.49. The lowest BCUT2D eigenvalue weighted by molar-refractivity contribution is -0.117. The number of carbonyl (C=O) groups is 1. The molecular formula is C26H30N4O2. The Hall–Kier alpha value is -3.22. The van der Waals surface area contributed by atoms with Crippen molar-refractivity contribution in [2.75, 3.05) is 32.8 Å². The van der Waals surface area contributed by atoms with Crippen molar-refractivity contribution in [3.8, 4) is 5.69 Å². The van der Waals surface area contributed by atoms with E-state index in [9.17, 15) is 4.79 Å². The number of ether oxygens (including phenoxy) is 1. The zero-order chi connectivity index (χ0) is 22.3. The summed E-state index contributed by atoms with van der Waals surface area (Å²) in [5.41, 5.74) is 4.97. The fraction of sp³-hybridized carbons (Fsp3) is 0.308. The molecule has 0 radical (unpaired) electrons. The average Bonchev–Trinajstić information content (AvgIpc) is 3.12. The first kappa shape index (κ1) is 22.0. The van der Waals surface area contributed by atoms with Gasteiger partial charge in [0.05, 0.1) is 30.6 Å². The van der Waals surface area contributed by atoms with Gasteiger partial charge in [-0.1, -0.05) is 48.5 Å². The second-order valence-corrected chi connectivity index (χ2v) is 8.05. The summed E-state index contributed by atoms with van der Waals surface area (Å²) in [6.45, 7) is 7.98. The molecule has 1 amide bonds. The second-order valence-electron chi connectivity index (χ2n) is 8.05. The maximum atomic E-state index is 12.9. The molecule has 0 saturated carbocycles. The first-order chi connectivity index (χ1) is 15.6. The van der Waals surface area contributed by atoms with Gasteiger partial charge in [-0.25, -0.2) is 4.68 Å². The molecule has 4 rings (SSSR count). The molecule has 0 spiro atoms. The fourth-order valence-corrected chi connectivity index (χ4v) is 4.06. The first-order valence-corrected chi connectivity index (χ1v) is 11.1. The second kappa shape index (κ2) is 10.4. The highest BCUT2D eigenvalue weighted by molar-refractivity contribution is 5.92. The number of amides is 1. The van der Waals surface area contributed by atoms with Crippen LogP contribution in [0.25, 0.3) is 11.8 Å². The number of carbonyl (C=O) groups excluding carboxylic acids is 1. The van der Waals surface area contributed by atoms with Gasteiger partial charge in [0.15, 0.2) is 0 Å². The maximum Gasteiger partial charge on any atom is 0.244 e. The van der Waals surface area contributed by atoms with Crippen molar-refractivity contribution in [2.45, 2.75) is 19.9 Å². The largest absolute Gasteiger partial charge is 0.379 e. The van der Waals surface area contributed by atoms with Crippen LogP contribution in [0.2, 0.25) is 0 Å². The number of rotatable bonds is 7. The van der Waals surface area contributed by atoms with Crippen LogP contribution < -0.4 is 5.32 Å². The lowest BCUT2D eigenvalue weighted by Crippen LogP contribution is -2.42. The minimum absolute atomic E-state index is 0.0827. The molecule has 1 fully saturated rings. The van der Waals surface area contributed by atoms with Gasteiger partial charge in [0.1, 0.15) is 0 Å². The molecule has 166 valence electrons. The van der Waals surface area contributed by atoms with Gasteiger partial charge in [-0.05, 0) is 37.6 Å². The molecule has 1 N–H and O–H groups in total. The lowest BCUT2D eigenvalue weighted by Gasteiger charge is -2.31. The first-order valence-electron chi connectivity index (χ1n) is 11.1. The zero-order valence-electron chi connectivity index (χ0n) is 18.7. The summed E-state index contributed by atoms with van der Waals surface area (Å²) in [5.74, 6) is -0.113. The van der Waals surface area contributed by atoms with E-state index in [0.29, 0.717) is 0 Å². The van der Waals surface area contributed by atoms with E-state index in [1.807, 2.05) is 73.1 Å². The summed E-state index contributed by atoms with van der Waals surface area (Å²) in [6, 6.07) is 20.1. The predicted molar refractivity (Wildman–Crippen MR) is 127 cm³/mol. The Kier molecular flexibility index (Phi) is 7.14. The molecule has 1 saturated heterocycles. The van der Waals surface area contributed by atoms with Crippen molar-refractivity contribution in [1.29, 1.82) is 0 Å². The molecule has 2 heterocycles. The smallest absolute Gasteiger partial charge is 0.244 e. The Morgan fingerprint density at radius 2 is 1.72 bits per heavy atom. The normalized spacial score (nSPS) is 15.7. The van der Waals surface area contributed by atoms with Crippen LogP contribution >= 0.6 is 0 Å². The van der Waals surface area contributed by atoms with Crippen molar-refractivity contribution < 1.29 is 9.53 Å². The number of morpholine rings is 1. The zero-order valence-corrected chi connectivity index (χ0v) is 18.7. The molecular weight excluding hydrogens is 400 g/mol. The quantitative estimate of drug-likeness (QED) is 0.581. The predicted octanol–water partition coefficient (Wildman–Crippen LogP) is 3.69. The van der Waals surface area contributed by atoms with E-state index in [1.165, 1.54) is 0 Å². The number of hydrogen-bond acceptors (Lipinski definition) is 4. The van der Waals surface area contributed by atoms with Crippen LogP contribution in [0.3, 0.4) is 0 Å². The van der Waals surface area contributed by atoms with Crippen LogP contribution in [0, 0.1) is 13.8 Å². The molecule has 3 aromatic rings. The highest BCUT2D eigenvalue weighted by Gasteiger charge is 2.19. The van der Waals surface area contributed by atoms with Gasteiger partial charge in [-0.3, -0.25) is 9.69 Å². The summed E-state index contributed by atoms with van der Waals surface area (Å²) in [6.07, 6.45) is 3.48. The number of hydrogen-bond donors (Lipinski definition) is 1. The van der Waals surface area contributed by atoms with Gasteiger partial charge in [0, 0.05) is 37.0 Å². The third-order valence-electron chi connectivity index (χ3n) is 5.81. The number of benzene rings is 2. The van der Waals surface area contributed by atoms with Crippen molar-refractivity contribution in [3.63, 3.8) is 0 Å². The molecule has 0 aliphatic carbocycles. The molecule has 0 bridgehead atoms. The number of aryl methyl sites for hydroxylation is 1. The third-order valence-corrected chi connectivity index (χ3v) is 5.81.